The van der Waals surface area contributed by atoms with E-state index in [1.54, 1.807) is 0 Å². The third-order valence-corrected chi connectivity index (χ3v) is 3.82. The number of amidine groups is 2. The highest BCUT2D eigenvalue weighted by Crippen LogP contribution is 2.23. The summed E-state index contributed by atoms with van der Waals surface area (Å²) in [5.74, 6) is -0.644. The molecule has 0 saturated heterocycles. The molecule has 1 saturated carbocycles. The Labute approximate surface area is 134 Å². The molecule has 1 fully saturated rings. The average Bonchev–Trinajstić information content (AvgIpc) is 2.45. The Morgan fingerprint density at radius 2 is 2.14 bits per heavy atom. The highest BCUT2D eigenvalue weighted by atomic mass is 79.9. The molecule has 1 aliphatic carbocycles. The first kappa shape index (κ1) is 16.5. The van der Waals surface area contributed by atoms with Crippen molar-refractivity contribution in [2.75, 3.05) is 0 Å². The van der Waals surface area contributed by atoms with E-state index in [9.17, 15) is 4.39 Å². The van der Waals surface area contributed by atoms with Gasteiger partial charge in [-0.05, 0) is 47.0 Å². The van der Waals surface area contributed by atoms with Crippen molar-refractivity contribution in [2.24, 2.45) is 21.5 Å². The van der Waals surface area contributed by atoms with Gasteiger partial charge < -0.3 is 11.5 Å². The normalized spacial score (nSPS) is 22.2. The Hall–Kier alpha value is -1.84. The highest BCUT2D eigenvalue weighted by Gasteiger charge is 2.26. The van der Waals surface area contributed by atoms with Crippen LogP contribution in [0.4, 0.5) is 10.1 Å². The van der Waals surface area contributed by atoms with Crippen molar-refractivity contribution < 1.29 is 9.60 Å². The van der Waals surface area contributed by atoms with Crippen LogP contribution < -0.4 is 16.9 Å². The lowest BCUT2D eigenvalue weighted by molar-refractivity contribution is 0.234. The third kappa shape index (κ3) is 3.87. The quantitative estimate of drug-likeness (QED) is 0.311. The molecule has 0 radical (unpaired) electrons. The fourth-order valence-corrected chi connectivity index (χ4v) is 2.30. The number of aliphatic imine (C=N–C) groups is 2. The lowest BCUT2D eigenvalue weighted by Crippen LogP contribution is -2.43. The van der Waals surface area contributed by atoms with Crippen LogP contribution in [0.15, 0.2) is 32.7 Å². The molecule has 0 amide bonds. The van der Waals surface area contributed by atoms with Crippen LogP contribution in [0.3, 0.4) is 0 Å². The van der Waals surface area contributed by atoms with E-state index in [0.29, 0.717) is 18.5 Å². The van der Waals surface area contributed by atoms with Crippen molar-refractivity contribution in [3.05, 3.63) is 28.5 Å². The molecule has 2 rings (SSSR count). The molecule has 7 N–H and O–H groups in total. The van der Waals surface area contributed by atoms with Crippen LogP contribution in [0.1, 0.15) is 12.8 Å². The molecule has 0 aromatic heterocycles. The number of halogens is 2. The second kappa shape index (κ2) is 6.95. The maximum absolute atomic E-state index is 13.2. The fraction of sp³-hybridized carbons (Fsp3) is 0.308. The van der Waals surface area contributed by atoms with Gasteiger partial charge in [0.15, 0.2) is 11.7 Å². The Kier molecular flexibility index (Phi) is 5.22. The molecule has 0 heterocycles. The van der Waals surface area contributed by atoms with Gasteiger partial charge in [-0.1, -0.05) is 0 Å². The van der Waals surface area contributed by atoms with Gasteiger partial charge in [-0.25, -0.2) is 9.38 Å². The molecule has 0 aliphatic heterocycles. The number of rotatable bonds is 4. The van der Waals surface area contributed by atoms with E-state index in [2.05, 4.69) is 25.9 Å². The predicted octanol–water partition coefficient (Wildman–Crippen LogP) is 1.46. The molecule has 1 aliphatic rings. The number of benzene rings is 1. The minimum atomic E-state index is -0.423. The summed E-state index contributed by atoms with van der Waals surface area (Å²) in [5, 5.41) is 17.0. The van der Waals surface area contributed by atoms with Crippen LogP contribution in [-0.4, -0.2) is 34.7 Å². The Morgan fingerprint density at radius 3 is 2.68 bits per heavy atom. The SMILES string of the molecule is N=C(C(N)=Nc1ccc(F)c(Br)c1)C(=NC1CC(N)C1)NO. The highest BCUT2D eigenvalue weighted by molar-refractivity contribution is 9.10. The molecule has 1 aromatic rings. The predicted molar refractivity (Wildman–Crippen MR) is 86.5 cm³/mol. The van der Waals surface area contributed by atoms with Gasteiger partial charge in [-0.3, -0.25) is 21.1 Å². The number of nitrogens with one attached hydrogen (secondary N) is 2. The van der Waals surface area contributed by atoms with E-state index in [4.69, 9.17) is 22.1 Å². The van der Waals surface area contributed by atoms with Crippen LogP contribution in [0.2, 0.25) is 0 Å². The molecular weight excluding hydrogens is 355 g/mol. The van der Waals surface area contributed by atoms with Crippen LogP contribution in [0, 0.1) is 11.2 Å². The van der Waals surface area contributed by atoms with Gasteiger partial charge in [-0.2, -0.15) is 0 Å². The summed E-state index contributed by atoms with van der Waals surface area (Å²) in [4.78, 5) is 8.18. The molecule has 0 spiro atoms. The smallest absolute Gasteiger partial charge is 0.174 e. The van der Waals surface area contributed by atoms with Gasteiger partial charge in [0.1, 0.15) is 11.5 Å². The second-order valence-corrected chi connectivity index (χ2v) is 5.80. The number of nitrogens with zero attached hydrogens (tertiary/aromatic N) is 2. The standard InChI is InChI=1S/C13H16BrFN6O/c14-9-5-7(1-2-10(9)15)19-12(18)11(17)13(21-22)20-8-3-6(16)4-8/h1-2,5-6,8,17,22H,3-4,16H2,(H2,18,19)(H,20,21). The lowest BCUT2D eigenvalue weighted by atomic mass is 9.88. The van der Waals surface area contributed by atoms with Crippen LogP contribution in [-0.2, 0) is 0 Å². The number of hydrogen-bond acceptors (Lipinski definition) is 5. The van der Waals surface area contributed by atoms with E-state index < -0.39 is 5.82 Å². The molecule has 7 nitrogen and oxygen atoms in total. The molecule has 0 unspecified atom stereocenters. The lowest BCUT2D eigenvalue weighted by Gasteiger charge is -2.29. The summed E-state index contributed by atoms with van der Waals surface area (Å²) in [6.07, 6.45) is 1.39. The second-order valence-electron chi connectivity index (χ2n) is 4.95. The minimum Gasteiger partial charge on any atom is -0.382 e. The first-order valence-electron chi connectivity index (χ1n) is 6.52. The van der Waals surface area contributed by atoms with Crippen LogP contribution in [0.25, 0.3) is 0 Å². The Bertz CT molecular complexity index is 641. The number of nitrogens with two attached hydrogens (primary N) is 2. The van der Waals surface area contributed by atoms with E-state index >= 15 is 0 Å². The zero-order valence-corrected chi connectivity index (χ0v) is 13.1. The van der Waals surface area contributed by atoms with E-state index in [1.165, 1.54) is 18.2 Å². The maximum atomic E-state index is 13.2. The van der Waals surface area contributed by atoms with E-state index in [-0.39, 0.29) is 33.9 Å². The summed E-state index contributed by atoms with van der Waals surface area (Å²) in [6, 6.07) is 4.15. The number of hydrogen-bond donors (Lipinski definition) is 5. The molecule has 0 atom stereocenters. The molecule has 9 heteroatoms. The van der Waals surface area contributed by atoms with Gasteiger partial charge in [0.05, 0.1) is 16.2 Å². The van der Waals surface area contributed by atoms with Crippen molar-refractivity contribution in [2.45, 2.75) is 24.9 Å². The van der Waals surface area contributed by atoms with Gasteiger partial charge >= 0.3 is 0 Å². The van der Waals surface area contributed by atoms with Crippen molar-refractivity contribution in [1.29, 1.82) is 5.41 Å². The van der Waals surface area contributed by atoms with E-state index in [0.717, 1.165) is 0 Å². The van der Waals surface area contributed by atoms with Crippen molar-refractivity contribution in [3.63, 3.8) is 0 Å². The summed E-state index contributed by atoms with van der Waals surface area (Å²) in [5.41, 5.74) is 13.4. The fourth-order valence-electron chi connectivity index (χ4n) is 1.94. The molecule has 22 heavy (non-hydrogen) atoms. The monoisotopic (exact) mass is 370 g/mol. The zero-order valence-electron chi connectivity index (χ0n) is 11.6. The third-order valence-electron chi connectivity index (χ3n) is 3.21. The average molecular weight is 371 g/mol. The van der Waals surface area contributed by atoms with Gasteiger partial charge in [0, 0.05) is 6.04 Å². The largest absolute Gasteiger partial charge is 0.382 e. The summed E-state index contributed by atoms with van der Waals surface area (Å²) < 4.78 is 13.4. The van der Waals surface area contributed by atoms with Gasteiger partial charge in [0.2, 0.25) is 0 Å². The van der Waals surface area contributed by atoms with Crippen LogP contribution >= 0.6 is 15.9 Å². The van der Waals surface area contributed by atoms with E-state index in [1.807, 2.05) is 5.48 Å². The Balaban J connectivity index is 2.15. The number of hydroxylamine groups is 1. The molecule has 118 valence electrons. The first-order chi connectivity index (χ1) is 10.4. The minimum absolute atomic E-state index is 0.0437. The topological polar surface area (TPSA) is 133 Å². The molecular formula is C13H16BrFN6O. The van der Waals surface area contributed by atoms with Crippen molar-refractivity contribution in [1.82, 2.24) is 5.48 Å². The Morgan fingerprint density at radius 1 is 1.45 bits per heavy atom. The summed E-state index contributed by atoms with van der Waals surface area (Å²) >= 11 is 3.04. The van der Waals surface area contributed by atoms with Crippen molar-refractivity contribution in [3.8, 4) is 0 Å². The first-order valence-corrected chi connectivity index (χ1v) is 7.32. The molecule has 1 aromatic carbocycles. The zero-order chi connectivity index (χ0) is 16.3. The van der Waals surface area contributed by atoms with Crippen molar-refractivity contribution >= 4 is 39.0 Å². The summed E-state index contributed by atoms with van der Waals surface area (Å²) in [6.45, 7) is 0. The van der Waals surface area contributed by atoms with Crippen LogP contribution in [0.5, 0.6) is 0 Å². The molecule has 0 bridgehead atoms. The maximum Gasteiger partial charge on any atom is 0.174 e. The van der Waals surface area contributed by atoms with Gasteiger partial charge in [-0.15, -0.1) is 0 Å². The summed E-state index contributed by atoms with van der Waals surface area (Å²) in [7, 11) is 0. The van der Waals surface area contributed by atoms with Gasteiger partial charge in [0.25, 0.3) is 0 Å².